The Kier molecular flexibility index (Phi) is 8.77. The molecule has 1 saturated heterocycles. The lowest BCUT2D eigenvalue weighted by atomic mass is 9.95. The summed E-state index contributed by atoms with van der Waals surface area (Å²) in [7, 11) is 3.68. The number of hydrogen-bond acceptors (Lipinski definition) is 4. The first-order valence-electron chi connectivity index (χ1n) is 13.9. The van der Waals surface area contributed by atoms with Crippen molar-refractivity contribution in [2.24, 2.45) is 13.0 Å². The summed E-state index contributed by atoms with van der Waals surface area (Å²) >= 11 is 0. The Labute approximate surface area is 236 Å². The summed E-state index contributed by atoms with van der Waals surface area (Å²) in [6, 6.07) is 26.2. The van der Waals surface area contributed by atoms with Crippen molar-refractivity contribution < 1.29 is 14.3 Å². The maximum Gasteiger partial charge on any atom is 0.410 e. The number of piperidine rings is 1. The molecule has 1 aliphatic heterocycles. The van der Waals surface area contributed by atoms with Gasteiger partial charge in [-0.05, 0) is 66.7 Å². The summed E-state index contributed by atoms with van der Waals surface area (Å²) in [5, 5.41) is 0.901. The second-order valence-electron chi connectivity index (χ2n) is 10.7. The van der Waals surface area contributed by atoms with Crippen LogP contribution in [0.2, 0.25) is 0 Å². The number of likely N-dealkylation sites (tertiary alicyclic amines) is 1. The van der Waals surface area contributed by atoms with Gasteiger partial charge in [0.15, 0.2) is 5.78 Å². The molecule has 3 aromatic carbocycles. The lowest BCUT2D eigenvalue weighted by molar-refractivity contribution is 0.102. The minimum Gasteiger partial charge on any atom is -0.445 e. The Morgan fingerprint density at radius 3 is 2.30 bits per heavy atom. The number of carbonyl (C=O) groups excluding carboxylic acids is 2. The Hall–Kier alpha value is -4.16. The monoisotopic (exact) mass is 535 g/mol. The minimum absolute atomic E-state index is 0.0186. The zero-order valence-corrected chi connectivity index (χ0v) is 23.3. The van der Waals surface area contributed by atoms with E-state index in [9.17, 15) is 9.59 Å². The van der Waals surface area contributed by atoms with E-state index in [1.165, 1.54) is 5.56 Å². The van der Waals surface area contributed by atoms with E-state index in [0.29, 0.717) is 18.0 Å². The zero-order chi connectivity index (χ0) is 27.9. The predicted octanol–water partition coefficient (Wildman–Crippen LogP) is 6.60. The van der Waals surface area contributed by atoms with Crippen molar-refractivity contribution in [1.82, 2.24) is 14.4 Å². The molecular weight excluding hydrogens is 498 g/mol. The van der Waals surface area contributed by atoms with E-state index in [-0.39, 0.29) is 18.5 Å². The van der Waals surface area contributed by atoms with Gasteiger partial charge in [0.1, 0.15) is 6.61 Å². The molecule has 4 aromatic rings. The maximum absolute atomic E-state index is 13.3. The molecule has 1 aliphatic rings. The SMILES string of the molecule is CN(Cc1ccc2c(c1)c(C(=O)C=CC1CCN(Cc3ccccc3)CC1)cn2C)C(=O)OCc1ccccc1. The average molecular weight is 536 g/mol. The van der Waals surface area contributed by atoms with Crippen molar-refractivity contribution in [2.75, 3.05) is 20.1 Å². The van der Waals surface area contributed by atoms with Gasteiger partial charge in [-0.1, -0.05) is 72.8 Å². The number of ether oxygens (including phenoxy) is 1. The van der Waals surface area contributed by atoms with Crippen molar-refractivity contribution in [3.63, 3.8) is 0 Å². The highest BCUT2D eigenvalue weighted by Gasteiger charge is 2.19. The van der Waals surface area contributed by atoms with E-state index in [2.05, 4.69) is 41.3 Å². The van der Waals surface area contributed by atoms with Gasteiger partial charge in [0.05, 0.1) is 0 Å². The Bertz CT molecular complexity index is 1470. The number of aryl methyl sites for hydroxylation is 1. The molecule has 0 N–H and O–H groups in total. The molecule has 40 heavy (non-hydrogen) atoms. The van der Waals surface area contributed by atoms with E-state index >= 15 is 0 Å². The second kappa shape index (κ2) is 12.8. The van der Waals surface area contributed by atoms with Gasteiger partial charge in [-0.25, -0.2) is 4.79 Å². The molecule has 0 unspecified atom stereocenters. The third kappa shape index (κ3) is 6.88. The first-order chi connectivity index (χ1) is 19.5. The number of benzene rings is 3. The number of ketones is 1. The number of allylic oxidation sites excluding steroid dienone is 2. The van der Waals surface area contributed by atoms with Gasteiger partial charge >= 0.3 is 6.09 Å². The number of carbonyl (C=O) groups is 2. The van der Waals surface area contributed by atoms with Gasteiger partial charge in [0.2, 0.25) is 0 Å². The largest absolute Gasteiger partial charge is 0.445 e. The smallest absolute Gasteiger partial charge is 0.410 e. The highest BCUT2D eigenvalue weighted by molar-refractivity contribution is 6.13. The van der Waals surface area contributed by atoms with Crippen LogP contribution in [0.25, 0.3) is 10.9 Å². The predicted molar refractivity (Wildman–Crippen MR) is 159 cm³/mol. The molecule has 6 nitrogen and oxygen atoms in total. The third-order valence-corrected chi connectivity index (χ3v) is 7.66. The maximum atomic E-state index is 13.3. The number of fused-ring (bicyclic) bond motifs is 1. The molecule has 0 atom stereocenters. The molecule has 2 heterocycles. The zero-order valence-electron chi connectivity index (χ0n) is 23.3. The summed E-state index contributed by atoms with van der Waals surface area (Å²) in [5.41, 5.74) is 4.92. The molecule has 0 saturated carbocycles. The summed E-state index contributed by atoms with van der Waals surface area (Å²) in [6.45, 7) is 3.69. The van der Waals surface area contributed by atoms with E-state index < -0.39 is 0 Å². The fourth-order valence-corrected chi connectivity index (χ4v) is 5.36. The van der Waals surface area contributed by atoms with Crippen LogP contribution in [0.4, 0.5) is 4.79 Å². The molecule has 0 bridgehead atoms. The van der Waals surface area contributed by atoms with E-state index in [1.54, 1.807) is 18.0 Å². The summed E-state index contributed by atoms with van der Waals surface area (Å²) in [4.78, 5) is 29.9. The van der Waals surface area contributed by atoms with Gasteiger partial charge in [0.25, 0.3) is 0 Å². The van der Waals surface area contributed by atoms with Crippen LogP contribution in [0.1, 0.15) is 39.9 Å². The van der Waals surface area contributed by atoms with Crippen molar-refractivity contribution in [1.29, 1.82) is 0 Å². The summed E-state index contributed by atoms with van der Waals surface area (Å²) in [5.74, 6) is 0.433. The molecule has 1 aromatic heterocycles. The molecule has 0 spiro atoms. The van der Waals surface area contributed by atoms with Crippen LogP contribution < -0.4 is 0 Å². The molecule has 206 valence electrons. The van der Waals surface area contributed by atoms with Crippen LogP contribution in [0.5, 0.6) is 0 Å². The summed E-state index contributed by atoms with van der Waals surface area (Å²) < 4.78 is 7.44. The van der Waals surface area contributed by atoms with E-state index in [0.717, 1.165) is 54.5 Å². The van der Waals surface area contributed by atoms with Gasteiger partial charge in [-0.2, -0.15) is 0 Å². The quantitative estimate of drug-likeness (QED) is 0.179. The van der Waals surface area contributed by atoms with E-state index in [1.807, 2.05) is 66.3 Å². The van der Waals surface area contributed by atoms with Crippen LogP contribution in [0.3, 0.4) is 0 Å². The van der Waals surface area contributed by atoms with Crippen LogP contribution in [0.15, 0.2) is 97.2 Å². The van der Waals surface area contributed by atoms with Crippen molar-refractivity contribution in [3.05, 3.63) is 119 Å². The van der Waals surface area contributed by atoms with Crippen molar-refractivity contribution in [3.8, 4) is 0 Å². The Morgan fingerprint density at radius 1 is 0.925 bits per heavy atom. The average Bonchev–Trinajstić information content (AvgIpc) is 3.32. The Balaban J connectivity index is 1.19. The number of rotatable bonds is 9. The standard InChI is InChI=1S/C34H37N3O3/c1-35-24-31(33(38)16-14-26-17-19-37(20-18-26)23-27-9-5-3-6-10-27)30-21-29(13-15-32(30)35)22-36(2)34(39)40-25-28-11-7-4-8-12-28/h3-16,21,24,26H,17-20,22-23,25H2,1-2H3. The third-order valence-electron chi connectivity index (χ3n) is 7.66. The molecule has 1 fully saturated rings. The molecule has 6 heteroatoms. The number of hydrogen-bond donors (Lipinski definition) is 0. The fraction of sp³-hybridized carbons (Fsp3) is 0.294. The Morgan fingerprint density at radius 2 is 1.60 bits per heavy atom. The normalized spacial score (nSPS) is 14.6. The molecule has 5 rings (SSSR count). The van der Waals surface area contributed by atoms with Gasteiger partial charge in [-0.3, -0.25) is 9.69 Å². The van der Waals surface area contributed by atoms with Crippen LogP contribution >= 0.6 is 0 Å². The lowest BCUT2D eigenvalue weighted by Crippen LogP contribution is -2.32. The second-order valence-corrected chi connectivity index (χ2v) is 10.7. The lowest BCUT2D eigenvalue weighted by Gasteiger charge is -2.30. The summed E-state index contributed by atoms with van der Waals surface area (Å²) in [6.07, 6.45) is 7.49. The fourth-order valence-electron chi connectivity index (χ4n) is 5.36. The molecule has 0 aliphatic carbocycles. The highest BCUT2D eigenvalue weighted by atomic mass is 16.6. The van der Waals surface area contributed by atoms with Crippen LogP contribution in [-0.4, -0.2) is 46.4 Å². The van der Waals surface area contributed by atoms with Gasteiger partial charge in [0, 0.05) is 49.8 Å². The van der Waals surface area contributed by atoms with Crippen LogP contribution in [0, 0.1) is 5.92 Å². The first kappa shape index (κ1) is 27.4. The number of amides is 1. The van der Waals surface area contributed by atoms with Gasteiger partial charge < -0.3 is 14.2 Å². The minimum atomic E-state index is -0.383. The van der Waals surface area contributed by atoms with Crippen LogP contribution in [-0.2, 0) is 31.5 Å². The topological polar surface area (TPSA) is 54.8 Å². The molecule has 1 amide bonds. The number of aromatic nitrogens is 1. The highest BCUT2D eigenvalue weighted by Crippen LogP contribution is 2.25. The molecular formula is C34H37N3O3. The van der Waals surface area contributed by atoms with Gasteiger partial charge in [-0.15, -0.1) is 0 Å². The first-order valence-corrected chi connectivity index (χ1v) is 13.9. The molecule has 0 radical (unpaired) electrons. The van der Waals surface area contributed by atoms with Crippen molar-refractivity contribution in [2.45, 2.75) is 32.5 Å². The van der Waals surface area contributed by atoms with Crippen molar-refractivity contribution >= 4 is 22.8 Å². The number of nitrogens with zero attached hydrogens (tertiary/aromatic N) is 3. The van der Waals surface area contributed by atoms with E-state index in [4.69, 9.17) is 4.74 Å².